The highest BCUT2D eigenvalue weighted by atomic mass is 16.5. The average molecular weight is 322 g/mol. The quantitative estimate of drug-likeness (QED) is 0.797. The van der Waals surface area contributed by atoms with Crippen LogP contribution < -0.4 is 4.74 Å². The normalized spacial score (nSPS) is 19.7. The minimum atomic E-state index is -0.541. The van der Waals surface area contributed by atoms with Gasteiger partial charge >= 0.3 is 0 Å². The first-order chi connectivity index (χ1) is 11.1. The third-order valence-electron chi connectivity index (χ3n) is 3.92. The lowest BCUT2D eigenvalue weighted by Gasteiger charge is -2.38. The molecule has 6 heteroatoms. The van der Waals surface area contributed by atoms with Crippen LogP contribution in [-0.4, -0.2) is 79.5 Å². The maximum atomic E-state index is 12.7. The van der Waals surface area contributed by atoms with Crippen LogP contribution in [0, 0.1) is 0 Å². The van der Waals surface area contributed by atoms with Gasteiger partial charge in [0.25, 0.3) is 5.91 Å². The van der Waals surface area contributed by atoms with E-state index in [-0.39, 0.29) is 18.6 Å². The molecule has 0 unspecified atom stereocenters. The van der Waals surface area contributed by atoms with Crippen molar-refractivity contribution in [3.05, 3.63) is 30.3 Å². The fraction of sp³-hybridized carbons (Fsp3) is 0.588. The summed E-state index contributed by atoms with van der Waals surface area (Å²) in [6.07, 6.45) is -0.541. The zero-order valence-corrected chi connectivity index (χ0v) is 13.9. The SMILES string of the molecule is C[C@H](Oc1ccccc1)C(=O)N1CCOC[C@H]1CN(C)CCO. The van der Waals surface area contributed by atoms with Crippen LogP contribution in [-0.2, 0) is 9.53 Å². The largest absolute Gasteiger partial charge is 0.481 e. The number of amides is 1. The number of carbonyl (C=O) groups excluding carboxylic acids is 1. The number of benzene rings is 1. The highest BCUT2D eigenvalue weighted by molar-refractivity contribution is 5.81. The average Bonchev–Trinajstić information content (AvgIpc) is 2.56. The minimum Gasteiger partial charge on any atom is -0.481 e. The van der Waals surface area contributed by atoms with E-state index < -0.39 is 6.10 Å². The molecule has 0 saturated carbocycles. The number of aliphatic hydroxyl groups excluding tert-OH is 1. The van der Waals surface area contributed by atoms with Crippen molar-refractivity contribution in [2.24, 2.45) is 0 Å². The Kier molecular flexibility index (Phi) is 6.83. The molecule has 128 valence electrons. The highest BCUT2D eigenvalue weighted by Crippen LogP contribution is 2.15. The predicted molar refractivity (Wildman–Crippen MR) is 87.4 cm³/mol. The van der Waals surface area contributed by atoms with Gasteiger partial charge in [-0.3, -0.25) is 4.79 Å². The molecule has 1 heterocycles. The molecule has 1 saturated heterocycles. The molecular weight excluding hydrogens is 296 g/mol. The van der Waals surface area contributed by atoms with Crippen LogP contribution in [0.1, 0.15) is 6.92 Å². The summed E-state index contributed by atoms with van der Waals surface area (Å²) in [7, 11) is 1.93. The Balaban J connectivity index is 1.96. The molecule has 1 aliphatic rings. The summed E-state index contributed by atoms with van der Waals surface area (Å²) in [5.41, 5.74) is 0. The Labute approximate surface area is 137 Å². The number of aliphatic hydroxyl groups is 1. The van der Waals surface area contributed by atoms with Gasteiger partial charge in [0.1, 0.15) is 5.75 Å². The summed E-state index contributed by atoms with van der Waals surface area (Å²) in [5, 5.41) is 9.02. The Morgan fingerprint density at radius 2 is 2.22 bits per heavy atom. The van der Waals surface area contributed by atoms with E-state index in [1.165, 1.54) is 0 Å². The summed E-state index contributed by atoms with van der Waals surface area (Å²) in [6.45, 7) is 4.76. The number of hydrogen-bond donors (Lipinski definition) is 1. The molecule has 1 aliphatic heterocycles. The molecule has 0 aromatic heterocycles. The van der Waals surface area contributed by atoms with Crippen LogP contribution in [0.5, 0.6) is 5.75 Å². The van der Waals surface area contributed by atoms with Crippen molar-refractivity contribution >= 4 is 5.91 Å². The first kappa shape index (κ1) is 17.7. The van der Waals surface area contributed by atoms with E-state index in [9.17, 15) is 4.79 Å². The van der Waals surface area contributed by atoms with Gasteiger partial charge in [-0.2, -0.15) is 0 Å². The van der Waals surface area contributed by atoms with Crippen molar-refractivity contribution in [3.63, 3.8) is 0 Å². The molecule has 0 radical (unpaired) electrons. The van der Waals surface area contributed by atoms with Gasteiger partial charge in [0.05, 0.1) is 25.9 Å². The zero-order chi connectivity index (χ0) is 16.7. The Morgan fingerprint density at radius 3 is 2.91 bits per heavy atom. The van der Waals surface area contributed by atoms with Gasteiger partial charge in [0.2, 0.25) is 0 Å². The third-order valence-corrected chi connectivity index (χ3v) is 3.92. The molecule has 23 heavy (non-hydrogen) atoms. The molecule has 1 N–H and O–H groups in total. The minimum absolute atomic E-state index is 0.0189. The van der Waals surface area contributed by atoms with Crippen molar-refractivity contribution in [1.82, 2.24) is 9.80 Å². The summed E-state index contributed by atoms with van der Waals surface area (Å²) >= 11 is 0. The number of likely N-dealkylation sites (N-methyl/N-ethyl adjacent to an activating group) is 1. The molecule has 1 aromatic carbocycles. The number of carbonyl (C=O) groups is 1. The predicted octanol–water partition coefficient (Wildman–Crippen LogP) is 0.605. The molecular formula is C17H26N2O4. The van der Waals surface area contributed by atoms with Crippen molar-refractivity contribution in [3.8, 4) is 5.75 Å². The first-order valence-corrected chi connectivity index (χ1v) is 8.01. The van der Waals surface area contributed by atoms with Gasteiger partial charge in [-0.25, -0.2) is 0 Å². The maximum absolute atomic E-state index is 12.7. The maximum Gasteiger partial charge on any atom is 0.263 e. The van der Waals surface area contributed by atoms with Crippen molar-refractivity contribution < 1.29 is 19.4 Å². The Morgan fingerprint density at radius 1 is 1.48 bits per heavy atom. The number of rotatable bonds is 7. The van der Waals surface area contributed by atoms with Crippen LogP contribution in [0.3, 0.4) is 0 Å². The fourth-order valence-corrected chi connectivity index (χ4v) is 2.71. The third kappa shape index (κ3) is 5.20. The summed E-state index contributed by atoms with van der Waals surface area (Å²) in [6, 6.07) is 9.34. The standard InChI is InChI=1S/C17H26N2O4/c1-14(23-16-6-4-3-5-7-16)17(21)19-9-11-22-13-15(19)12-18(2)8-10-20/h3-7,14-15,20H,8-13H2,1-2H3/t14-,15+/m0/s1. The van der Waals surface area contributed by atoms with E-state index in [2.05, 4.69) is 0 Å². The zero-order valence-electron chi connectivity index (χ0n) is 13.9. The Hall–Kier alpha value is -1.63. The van der Waals surface area contributed by atoms with Gasteiger partial charge < -0.3 is 24.4 Å². The number of ether oxygens (including phenoxy) is 2. The van der Waals surface area contributed by atoms with Crippen molar-refractivity contribution in [1.29, 1.82) is 0 Å². The second-order valence-corrected chi connectivity index (χ2v) is 5.82. The molecule has 6 nitrogen and oxygen atoms in total. The molecule has 1 fully saturated rings. The van der Waals surface area contributed by atoms with Crippen LogP contribution in [0.4, 0.5) is 0 Å². The van der Waals surface area contributed by atoms with E-state index in [0.29, 0.717) is 38.6 Å². The van der Waals surface area contributed by atoms with Gasteiger partial charge in [0.15, 0.2) is 6.10 Å². The fourth-order valence-electron chi connectivity index (χ4n) is 2.71. The number of morpholine rings is 1. The summed E-state index contributed by atoms with van der Waals surface area (Å²) in [4.78, 5) is 16.6. The monoisotopic (exact) mass is 322 g/mol. The first-order valence-electron chi connectivity index (χ1n) is 8.01. The highest BCUT2D eigenvalue weighted by Gasteiger charge is 2.31. The lowest BCUT2D eigenvalue weighted by atomic mass is 10.2. The van der Waals surface area contributed by atoms with E-state index in [4.69, 9.17) is 14.6 Å². The molecule has 2 rings (SSSR count). The molecule has 0 bridgehead atoms. The molecule has 0 spiro atoms. The Bertz CT molecular complexity index is 483. The number of nitrogens with zero attached hydrogens (tertiary/aromatic N) is 2. The van der Waals surface area contributed by atoms with Crippen LogP contribution in [0.25, 0.3) is 0 Å². The molecule has 1 aromatic rings. The molecule has 1 amide bonds. The van der Waals surface area contributed by atoms with E-state index >= 15 is 0 Å². The van der Waals surface area contributed by atoms with Crippen molar-refractivity contribution in [2.75, 3.05) is 46.5 Å². The smallest absolute Gasteiger partial charge is 0.263 e. The van der Waals surface area contributed by atoms with E-state index in [1.807, 2.05) is 47.2 Å². The van der Waals surface area contributed by atoms with Gasteiger partial charge in [-0.05, 0) is 26.1 Å². The van der Waals surface area contributed by atoms with Gasteiger partial charge in [-0.1, -0.05) is 18.2 Å². The van der Waals surface area contributed by atoms with Crippen molar-refractivity contribution in [2.45, 2.75) is 19.1 Å². The summed E-state index contributed by atoms with van der Waals surface area (Å²) in [5.74, 6) is 0.662. The van der Waals surface area contributed by atoms with Crippen LogP contribution >= 0.6 is 0 Å². The van der Waals surface area contributed by atoms with Crippen LogP contribution in [0.2, 0.25) is 0 Å². The topological polar surface area (TPSA) is 62.2 Å². The molecule has 0 aliphatic carbocycles. The summed E-state index contributed by atoms with van der Waals surface area (Å²) < 4.78 is 11.3. The number of hydrogen-bond acceptors (Lipinski definition) is 5. The lowest BCUT2D eigenvalue weighted by molar-refractivity contribution is -0.147. The van der Waals surface area contributed by atoms with E-state index in [0.717, 1.165) is 0 Å². The second kappa shape index (κ2) is 8.86. The van der Waals surface area contributed by atoms with Crippen LogP contribution in [0.15, 0.2) is 30.3 Å². The van der Waals surface area contributed by atoms with E-state index in [1.54, 1.807) is 6.92 Å². The second-order valence-electron chi connectivity index (χ2n) is 5.82. The van der Waals surface area contributed by atoms with Gasteiger partial charge in [-0.15, -0.1) is 0 Å². The lowest BCUT2D eigenvalue weighted by Crippen LogP contribution is -2.56. The number of para-hydroxylation sites is 1. The van der Waals surface area contributed by atoms with Gasteiger partial charge in [0, 0.05) is 19.6 Å². The molecule has 2 atom stereocenters.